The summed E-state index contributed by atoms with van der Waals surface area (Å²) in [6, 6.07) is 3.35. The molecule has 0 bridgehead atoms. The van der Waals surface area contributed by atoms with Crippen LogP contribution in [0.4, 0.5) is 0 Å². The monoisotopic (exact) mass is 281 g/mol. The smallest absolute Gasteiger partial charge is 0.341 e. The fourth-order valence-corrected chi connectivity index (χ4v) is 3.53. The Bertz CT molecular complexity index is 738. The number of benzene rings is 1. The van der Waals surface area contributed by atoms with Gasteiger partial charge in [-0.05, 0) is 12.1 Å². The highest BCUT2D eigenvalue weighted by Gasteiger charge is 2.19. The van der Waals surface area contributed by atoms with Gasteiger partial charge in [-0.25, -0.2) is 4.79 Å². The molecular weight excluding hydrogens is 274 g/mol. The molecule has 0 unspecified atom stereocenters. The van der Waals surface area contributed by atoms with E-state index < -0.39 is 11.4 Å². The largest absolute Gasteiger partial charge is 0.477 e. The number of hydrogen-bond donors (Lipinski definition) is 1. The fourth-order valence-electron chi connectivity index (χ4n) is 2.16. The van der Waals surface area contributed by atoms with E-state index in [-0.39, 0.29) is 5.56 Å². The average Bonchev–Trinajstić information content (AvgIpc) is 2.32. The minimum absolute atomic E-state index is 0.206. The number of aromatic nitrogens is 1. The lowest BCUT2D eigenvalue weighted by molar-refractivity contribution is 0.0695. The first kappa shape index (κ1) is 11.6. The number of rotatable bonds is 1. The molecule has 1 aliphatic heterocycles. The number of aromatic carboxylic acids is 1. The van der Waals surface area contributed by atoms with Crippen LogP contribution in [0.3, 0.4) is 0 Å². The van der Waals surface area contributed by atoms with Crippen LogP contribution in [0.2, 0.25) is 5.02 Å². The summed E-state index contributed by atoms with van der Waals surface area (Å²) in [5.41, 5.74) is 0.105. The van der Waals surface area contributed by atoms with Crippen molar-refractivity contribution >= 4 is 40.2 Å². The zero-order valence-electron chi connectivity index (χ0n) is 9.14. The van der Waals surface area contributed by atoms with E-state index in [1.807, 2.05) is 10.6 Å². The molecule has 0 aliphatic carbocycles. The molecule has 0 amide bonds. The molecule has 1 aromatic carbocycles. The Balaban J connectivity index is 2.52. The van der Waals surface area contributed by atoms with E-state index in [2.05, 4.69) is 0 Å². The summed E-state index contributed by atoms with van der Waals surface area (Å²) in [6.45, 7) is 0.691. The third kappa shape index (κ3) is 1.62. The molecular formula is C12H8ClNO3S. The second kappa shape index (κ2) is 4.03. The van der Waals surface area contributed by atoms with Crippen LogP contribution in [0.5, 0.6) is 0 Å². The van der Waals surface area contributed by atoms with Gasteiger partial charge in [0.2, 0.25) is 5.43 Å². The highest BCUT2D eigenvalue weighted by atomic mass is 35.5. The fraction of sp³-hybridized carbons (Fsp3) is 0.167. The second-order valence-electron chi connectivity index (χ2n) is 4.02. The molecule has 0 radical (unpaired) electrons. The SMILES string of the molecule is O=C(O)c1cn2c3c(cc(Cl)cc3c1=O)SCC2. The summed E-state index contributed by atoms with van der Waals surface area (Å²) in [7, 11) is 0. The van der Waals surface area contributed by atoms with Crippen molar-refractivity contribution in [3.8, 4) is 0 Å². The van der Waals surface area contributed by atoms with Gasteiger partial charge in [-0.15, -0.1) is 11.8 Å². The van der Waals surface area contributed by atoms with Crippen molar-refractivity contribution in [1.29, 1.82) is 0 Å². The van der Waals surface area contributed by atoms with E-state index in [1.54, 1.807) is 11.8 Å². The Morgan fingerprint density at radius 2 is 2.22 bits per heavy atom. The number of aryl methyl sites for hydroxylation is 1. The highest BCUT2D eigenvalue weighted by Crippen LogP contribution is 2.33. The van der Waals surface area contributed by atoms with E-state index in [9.17, 15) is 9.59 Å². The average molecular weight is 282 g/mol. The van der Waals surface area contributed by atoms with Crippen LogP contribution in [-0.4, -0.2) is 21.4 Å². The van der Waals surface area contributed by atoms with Gasteiger partial charge in [0.25, 0.3) is 0 Å². The lowest BCUT2D eigenvalue weighted by Crippen LogP contribution is -2.21. The van der Waals surface area contributed by atoms with E-state index in [1.165, 1.54) is 12.3 Å². The Hall–Kier alpha value is -1.46. The maximum absolute atomic E-state index is 12.1. The van der Waals surface area contributed by atoms with Gasteiger partial charge in [0.15, 0.2) is 0 Å². The number of halogens is 1. The van der Waals surface area contributed by atoms with Crippen LogP contribution in [-0.2, 0) is 6.54 Å². The molecule has 0 saturated heterocycles. The zero-order chi connectivity index (χ0) is 12.9. The lowest BCUT2D eigenvalue weighted by atomic mass is 10.1. The molecule has 3 rings (SSSR count). The van der Waals surface area contributed by atoms with Gasteiger partial charge in [0, 0.05) is 33.8 Å². The molecule has 4 nitrogen and oxygen atoms in total. The van der Waals surface area contributed by atoms with E-state index in [0.29, 0.717) is 17.0 Å². The number of hydrogen-bond acceptors (Lipinski definition) is 3. The molecule has 1 aromatic heterocycles. The van der Waals surface area contributed by atoms with Crippen LogP contribution >= 0.6 is 23.4 Å². The quantitative estimate of drug-likeness (QED) is 0.872. The summed E-state index contributed by atoms with van der Waals surface area (Å²) in [5.74, 6) is -0.366. The van der Waals surface area contributed by atoms with Gasteiger partial charge in [-0.3, -0.25) is 4.79 Å². The molecule has 1 N–H and O–H groups in total. The summed E-state index contributed by atoms with van der Waals surface area (Å²) in [5, 5.41) is 9.89. The van der Waals surface area contributed by atoms with Gasteiger partial charge in [-0.2, -0.15) is 0 Å². The first-order valence-electron chi connectivity index (χ1n) is 5.31. The van der Waals surface area contributed by atoms with Crippen LogP contribution in [0.25, 0.3) is 10.9 Å². The summed E-state index contributed by atoms with van der Waals surface area (Å²) in [6.07, 6.45) is 1.42. The van der Waals surface area contributed by atoms with Crippen molar-refractivity contribution in [2.75, 3.05) is 5.75 Å². The summed E-state index contributed by atoms with van der Waals surface area (Å²) in [4.78, 5) is 24.1. The van der Waals surface area contributed by atoms with Crippen molar-refractivity contribution < 1.29 is 9.90 Å². The van der Waals surface area contributed by atoms with Crippen molar-refractivity contribution in [3.63, 3.8) is 0 Å². The molecule has 1 aliphatic rings. The number of carboxylic acids is 1. The zero-order valence-corrected chi connectivity index (χ0v) is 10.7. The van der Waals surface area contributed by atoms with Crippen molar-refractivity contribution in [2.45, 2.75) is 11.4 Å². The molecule has 2 aromatic rings. The Kier molecular flexibility index (Phi) is 2.60. The summed E-state index contributed by atoms with van der Waals surface area (Å²) >= 11 is 7.60. The highest BCUT2D eigenvalue weighted by molar-refractivity contribution is 7.99. The van der Waals surface area contributed by atoms with Crippen molar-refractivity contribution in [3.05, 3.63) is 39.1 Å². The third-order valence-corrected chi connectivity index (χ3v) is 4.15. The molecule has 92 valence electrons. The molecule has 18 heavy (non-hydrogen) atoms. The van der Waals surface area contributed by atoms with Crippen LogP contribution in [0.15, 0.2) is 28.0 Å². The lowest BCUT2D eigenvalue weighted by Gasteiger charge is -2.20. The van der Waals surface area contributed by atoms with Gasteiger partial charge in [-0.1, -0.05) is 11.6 Å². The predicted octanol–water partition coefficient (Wildman–Crippen LogP) is 2.46. The van der Waals surface area contributed by atoms with Gasteiger partial charge >= 0.3 is 5.97 Å². The van der Waals surface area contributed by atoms with Gasteiger partial charge in [0.1, 0.15) is 5.56 Å². The normalized spacial score (nSPS) is 13.8. The minimum atomic E-state index is -1.20. The van der Waals surface area contributed by atoms with Crippen molar-refractivity contribution in [1.82, 2.24) is 4.57 Å². The first-order chi connectivity index (χ1) is 8.58. The maximum atomic E-state index is 12.1. The Morgan fingerprint density at radius 1 is 1.44 bits per heavy atom. The Labute approximate surface area is 111 Å². The number of carboxylic acid groups (broad SMARTS) is 1. The minimum Gasteiger partial charge on any atom is -0.477 e. The van der Waals surface area contributed by atoms with Crippen LogP contribution in [0, 0.1) is 0 Å². The van der Waals surface area contributed by atoms with Crippen LogP contribution < -0.4 is 5.43 Å². The predicted molar refractivity (Wildman–Crippen MR) is 70.9 cm³/mol. The standard InChI is InChI=1S/C12H8ClNO3S/c13-6-3-7-10-9(4-6)18-2-1-14(10)5-8(11(7)15)12(16)17/h3-5H,1-2H2,(H,16,17). The topological polar surface area (TPSA) is 59.3 Å². The molecule has 0 spiro atoms. The molecule has 6 heteroatoms. The number of pyridine rings is 1. The maximum Gasteiger partial charge on any atom is 0.341 e. The molecule has 0 fully saturated rings. The summed E-state index contributed by atoms with van der Waals surface area (Å²) < 4.78 is 1.82. The molecule has 0 saturated carbocycles. The Morgan fingerprint density at radius 3 is 2.94 bits per heavy atom. The van der Waals surface area contributed by atoms with Gasteiger partial charge in [0.05, 0.1) is 5.52 Å². The van der Waals surface area contributed by atoms with Gasteiger partial charge < -0.3 is 9.67 Å². The third-order valence-electron chi connectivity index (χ3n) is 2.92. The molecule has 0 atom stereocenters. The number of carbonyl (C=O) groups is 1. The van der Waals surface area contributed by atoms with E-state index >= 15 is 0 Å². The van der Waals surface area contributed by atoms with Crippen LogP contribution in [0.1, 0.15) is 10.4 Å². The first-order valence-corrected chi connectivity index (χ1v) is 6.67. The van der Waals surface area contributed by atoms with Crippen molar-refractivity contribution in [2.24, 2.45) is 0 Å². The number of thioether (sulfide) groups is 1. The molecule has 2 heterocycles. The number of nitrogens with zero attached hydrogens (tertiary/aromatic N) is 1. The second-order valence-corrected chi connectivity index (χ2v) is 5.59. The van der Waals surface area contributed by atoms with E-state index in [0.717, 1.165) is 16.2 Å². The van der Waals surface area contributed by atoms with E-state index in [4.69, 9.17) is 16.7 Å².